The van der Waals surface area contributed by atoms with Crippen LogP contribution in [0.2, 0.25) is 0 Å². The van der Waals surface area contributed by atoms with Crippen LogP contribution in [0.5, 0.6) is 11.5 Å². The standard InChI is InChI=1S/C21H23NO3/c1-4-22(5-2)21(24)19(14(3)23)20-15-10-6-8-12-17(15)25-18-13-9-7-11-16(18)20/h6-13,19-20H,4-5H2,1-3H3/t19-/m0/s1. The van der Waals surface area contributed by atoms with Crippen molar-refractivity contribution in [3.8, 4) is 11.5 Å². The highest BCUT2D eigenvalue weighted by Crippen LogP contribution is 2.47. The summed E-state index contributed by atoms with van der Waals surface area (Å²) in [5.41, 5.74) is 1.78. The maximum Gasteiger partial charge on any atom is 0.234 e. The van der Waals surface area contributed by atoms with Gasteiger partial charge in [0.15, 0.2) is 0 Å². The molecule has 0 N–H and O–H groups in total. The van der Waals surface area contributed by atoms with Crippen LogP contribution in [0.3, 0.4) is 0 Å². The zero-order valence-corrected chi connectivity index (χ0v) is 14.9. The molecule has 2 aromatic rings. The molecule has 2 aromatic carbocycles. The van der Waals surface area contributed by atoms with Crippen LogP contribution < -0.4 is 4.74 Å². The molecule has 1 atom stereocenters. The number of ether oxygens (including phenoxy) is 1. The second-order valence-corrected chi connectivity index (χ2v) is 6.25. The van der Waals surface area contributed by atoms with Gasteiger partial charge in [0.1, 0.15) is 23.2 Å². The molecule has 0 aliphatic carbocycles. The van der Waals surface area contributed by atoms with Crippen LogP contribution in [-0.2, 0) is 9.59 Å². The molecule has 0 unspecified atom stereocenters. The van der Waals surface area contributed by atoms with Crippen LogP contribution in [0.1, 0.15) is 37.8 Å². The minimum Gasteiger partial charge on any atom is -0.457 e. The predicted molar refractivity (Wildman–Crippen MR) is 96.9 cm³/mol. The van der Waals surface area contributed by atoms with Crippen molar-refractivity contribution in [1.29, 1.82) is 0 Å². The zero-order valence-electron chi connectivity index (χ0n) is 14.9. The van der Waals surface area contributed by atoms with Gasteiger partial charge >= 0.3 is 0 Å². The molecule has 130 valence electrons. The van der Waals surface area contributed by atoms with Crippen LogP contribution in [0.25, 0.3) is 0 Å². The molecule has 1 heterocycles. The third-order valence-electron chi connectivity index (χ3n) is 4.84. The number of rotatable bonds is 5. The van der Waals surface area contributed by atoms with Crippen molar-refractivity contribution < 1.29 is 14.3 Å². The first-order chi connectivity index (χ1) is 12.1. The molecule has 0 saturated heterocycles. The first-order valence-electron chi connectivity index (χ1n) is 8.73. The van der Waals surface area contributed by atoms with E-state index in [0.717, 1.165) is 11.1 Å². The van der Waals surface area contributed by atoms with Crippen LogP contribution in [-0.4, -0.2) is 29.7 Å². The number of amides is 1. The van der Waals surface area contributed by atoms with Crippen molar-refractivity contribution in [2.24, 2.45) is 5.92 Å². The van der Waals surface area contributed by atoms with Gasteiger partial charge in [0.25, 0.3) is 0 Å². The highest BCUT2D eigenvalue weighted by Gasteiger charge is 2.41. The molecule has 0 bridgehead atoms. The second kappa shape index (κ2) is 7.09. The van der Waals surface area contributed by atoms with Crippen LogP contribution in [0, 0.1) is 5.92 Å². The topological polar surface area (TPSA) is 46.6 Å². The first-order valence-corrected chi connectivity index (χ1v) is 8.73. The van der Waals surface area contributed by atoms with Gasteiger partial charge in [-0.25, -0.2) is 0 Å². The molecule has 0 aromatic heterocycles. The van der Waals surface area contributed by atoms with Crippen LogP contribution >= 0.6 is 0 Å². The Morgan fingerprint density at radius 3 is 1.88 bits per heavy atom. The highest BCUT2D eigenvalue weighted by molar-refractivity contribution is 6.02. The quantitative estimate of drug-likeness (QED) is 0.775. The van der Waals surface area contributed by atoms with E-state index in [4.69, 9.17) is 4.74 Å². The Bertz CT molecular complexity index is 750. The average molecular weight is 337 g/mol. The number of nitrogens with zero attached hydrogens (tertiary/aromatic N) is 1. The lowest BCUT2D eigenvalue weighted by molar-refractivity contribution is -0.141. The minimum absolute atomic E-state index is 0.117. The summed E-state index contributed by atoms with van der Waals surface area (Å²) in [5, 5.41) is 0. The largest absolute Gasteiger partial charge is 0.457 e. The Morgan fingerprint density at radius 1 is 0.960 bits per heavy atom. The lowest BCUT2D eigenvalue weighted by Crippen LogP contribution is -2.42. The summed E-state index contributed by atoms with van der Waals surface area (Å²) in [4.78, 5) is 27.4. The van der Waals surface area contributed by atoms with Gasteiger partial charge in [0, 0.05) is 30.1 Å². The van der Waals surface area contributed by atoms with Crippen LogP contribution in [0.15, 0.2) is 48.5 Å². The summed E-state index contributed by atoms with van der Waals surface area (Å²) >= 11 is 0. The summed E-state index contributed by atoms with van der Waals surface area (Å²) in [6.07, 6.45) is 0. The van der Waals surface area contributed by atoms with Gasteiger partial charge in [-0.1, -0.05) is 36.4 Å². The van der Waals surface area contributed by atoms with Gasteiger partial charge in [0.2, 0.25) is 5.91 Å². The first kappa shape index (κ1) is 17.2. The molecule has 0 saturated carbocycles. The summed E-state index contributed by atoms with van der Waals surface area (Å²) < 4.78 is 5.99. The fourth-order valence-electron chi connectivity index (χ4n) is 3.59. The summed E-state index contributed by atoms with van der Waals surface area (Å²) in [7, 11) is 0. The monoisotopic (exact) mass is 337 g/mol. The molecule has 0 spiro atoms. The number of Topliss-reactive ketones (excluding diaryl/α,β-unsaturated/α-hetero) is 1. The van der Waals surface area contributed by atoms with E-state index in [1.807, 2.05) is 62.4 Å². The third-order valence-corrected chi connectivity index (χ3v) is 4.84. The number of ketones is 1. The molecule has 1 amide bonds. The number of benzene rings is 2. The molecule has 0 radical (unpaired) electrons. The molecule has 4 nitrogen and oxygen atoms in total. The molecule has 4 heteroatoms. The Morgan fingerprint density at radius 2 is 1.44 bits per heavy atom. The van der Waals surface area contributed by atoms with Crippen molar-refractivity contribution in [2.45, 2.75) is 26.7 Å². The van der Waals surface area contributed by atoms with Gasteiger partial charge < -0.3 is 9.64 Å². The van der Waals surface area contributed by atoms with Gasteiger partial charge in [-0.2, -0.15) is 0 Å². The maximum atomic E-state index is 13.1. The Hall–Kier alpha value is -2.62. The lowest BCUT2D eigenvalue weighted by atomic mass is 9.76. The van der Waals surface area contributed by atoms with Crippen molar-refractivity contribution in [3.63, 3.8) is 0 Å². The van der Waals surface area contributed by atoms with Crippen molar-refractivity contribution in [1.82, 2.24) is 4.90 Å². The molecular weight excluding hydrogens is 314 g/mol. The molecule has 3 rings (SSSR count). The number of carbonyl (C=O) groups excluding carboxylic acids is 2. The average Bonchev–Trinajstić information content (AvgIpc) is 2.62. The maximum absolute atomic E-state index is 13.1. The molecule has 1 aliphatic rings. The fraction of sp³-hybridized carbons (Fsp3) is 0.333. The smallest absolute Gasteiger partial charge is 0.234 e. The SMILES string of the molecule is CCN(CC)C(=O)[C@@H](C(C)=O)C1c2ccccc2Oc2ccccc21. The van der Waals surface area contributed by atoms with E-state index in [0.29, 0.717) is 24.6 Å². The van der Waals surface area contributed by atoms with E-state index < -0.39 is 5.92 Å². The van der Waals surface area contributed by atoms with E-state index in [1.54, 1.807) is 4.90 Å². The van der Waals surface area contributed by atoms with Gasteiger partial charge in [-0.05, 0) is 32.9 Å². The number of hydrogen-bond acceptors (Lipinski definition) is 3. The second-order valence-electron chi connectivity index (χ2n) is 6.25. The molecule has 25 heavy (non-hydrogen) atoms. The molecule has 0 fully saturated rings. The summed E-state index contributed by atoms with van der Waals surface area (Å²) in [6, 6.07) is 15.3. The highest BCUT2D eigenvalue weighted by atomic mass is 16.5. The van der Waals surface area contributed by atoms with E-state index in [-0.39, 0.29) is 17.6 Å². The molecule has 1 aliphatic heterocycles. The van der Waals surface area contributed by atoms with Crippen molar-refractivity contribution >= 4 is 11.7 Å². The van der Waals surface area contributed by atoms with E-state index in [2.05, 4.69) is 0 Å². The zero-order chi connectivity index (χ0) is 18.0. The van der Waals surface area contributed by atoms with Gasteiger partial charge in [-0.15, -0.1) is 0 Å². The van der Waals surface area contributed by atoms with E-state index in [1.165, 1.54) is 6.92 Å². The third kappa shape index (κ3) is 3.04. The fourth-order valence-corrected chi connectivity index (χ4v) is 3.59. The summed E-state index contributed by atoms with van der Waals surface area (Å²) in [6.45, 7) is 6.55. The number of fused-ring (bicyclic) bond motifs is 2. The predicted octanol–water partition coefficient (Wildman–Crippen LogP) is 4.00. The number of hydrogen-bond donors (Lipinski definition) is 0. The lowest BCUT2D eigenvalue weighted by Gasteiger charge is -2.34. The normalized spacial score (nSPS) is 14.0. The van der Waals surface area contributed by atoms with Gasteiger partial charge in [-0.3, -0.25) is 9.59 Å². The Labute approximate surface area is 148 Å². The Balaban J connectivity index is 2.16. The van der Waals surface area contributed by atoms with Crippen molar-refractivity contribution in [3.05, 3.63) is 59.7 Å². The molecular formula is C21H23NO3. The Kier molecular flexibility index (Phi) is 4.88. The van der Waals surface area contributed by atoms with Crippen LogP contribution in [0.4, 0.5) is 0 Å². The van der Waals surface area contributed by atoms with E-state index in [9.17, 15) is 9.59 Å². The number of carbonyl (C=O) groups is 2. The van der Waals surface area contributed by atoms with Crippen molar-refractivity contribution in [2.75, 3.05) is 13.1 Å². The van der Waals surface area contributed by atoms with Gasteiger partial charge in [0.05, 0.1) is 0 Å². The van der Waals surface area contributed by atoms with E-state index >= 15 is 0 Å². The minimum atomic E-state index is -0.744. The summed E-state index contributed by atoms with van der Waals surface area (Å²) in [5.74, 6) is 0.120. The number of para-hydroxylation sites is 2.